The normalized spacial score (nSPS) is 9.54. The first kappa shape index (κ1) is 26.1. The summed E-state index contributed by atoms with van der Waals surface area (Å²) in [4.78, 5) is 8.56. The number of phenols is 1. The summed E-state index contributed by atoms with van der Waals surface area (Å²) in [6.07, 6.45) is 12.8. The molecule has 1 rings (SSSR count). The molecule has 0 aromatic heterocycles. The number of benzene rings is 1. The fraction of sp³-hybridized carbons (Fsp3) is 0.632. The summed E-state index contributed by atoms with van der Waals surface area (Å²) in [5.41, 5.74) is 1.10. The molecule has 0 spiro atoms. The number of phenolic OH excluding ortho intramolecular Hbond substituents is 1. The molecule has 0 saturated heterocycles. The van der Waals surface area contributed by atoms with Crippen molar-refractivity contribution in [2.75, 3.05) is 0 Å². The second-order valence-electron chi connectivity index (χ2n) is 5.84. The van der Waals surface area contributed by atoms with Gasteiger partial charge in [0.1, 0.15) is 5.75 Å². The second kappa shape index (κ2) is 19.2. The Labute approximate surface area is 186 Å². The van der Waals surface area contributed by atoms with Crippen molar-refractivity contribution in [3.63, 3.8) is 0 Å². The first-order valence-electron chi connectivity index (χ1n) is 8.76. The van der Waals surface area contributed by atoms with E-state index in [2.05, 4.69) is 6.92 Å². The Kier molecular flexibility index (Phi) is 20.9. The molecule has 0 radical (unpaired) electrons. The van der Waals surface area contributed by atoms with E-state index in [1.807, 2.05) is 18.2 Å². The van der Waals surface area contributed by atoms with E-state index >= 15 is 0 Å². The van der Waals surface area contributed by atoms with Gasteiger partial charge in [-0.2, -0.15) is 0 Å². The van der Waals surface area contributed by atoms with E-state index in [1.165, 1.54) is 64.2 Å². The fourth-order valence-electron chi connectivity index (χ4n) is 2.53. The summed E-state index contributed by atoms with van der Waals surface area (Å²) in [5.74, 6) is 0.457. The van der Waals surface area contributed by atoms with Crippen molar-refractivity contribution in [2.45, 2.75) is 77.6 Å². The third-order valence-electron chi connectivity index (χ3n) is 3.79. The van der Waals surface area contributed by atoms with Gasteiger partial charge in [-0.15, -0.1) is 0 Å². The maximum atomic E-state index is 9.65. The van der Waals surface area contributed by atoms with Crippen LogP contribution in [0.5, 0.6) is 5.75 Å². The molecule has 0 bridgehead atoms. The van der Waals surface area contributed by atoms with Crippen molar-refractivity contribution in [1.82, 2.24) is 0 Å². The Bertz CT molecular complexity index is 406. The van der Waals surface area contributed by atoms with Gasteiger partial charge < -0.3 is 15.3 Å². The van der Waals surface area contributed by atoms with Crippen LogP contribution in [-0.2, 0) is 6.42 Å². The van der Waals surface area contributed by atoms with E-state index < -0.39 is 6.16 Å². The molecule has 0 atom stereocenters. The fourth-order valence-corrected chi connectivity index (χ4v) is 2.53. The average Bonchev–Trinajstić information content (AvgIpc) is 2.50. The molecule has 3 N–H and O–H groups in total. The van der Waals surface area contributed by atoms with Crippen LogP contribution < -0.4 is 0 Å². The molecular formula is C19H34BaO4. The number of carboxylic acid groups (broad SMARTS) is 2. The van der Waals surface area contributed by atoms with Crippen molar-refractivity contribution in [1.29, 1.82) is 0 Å². The zero-order valence-electron chi connectivity index (χ0n) is 14.3. The van der Waals surface area contributed by atoms with Crippen LogP contribution in [0.4, 0.5) is 4.79 Å². The number of hydrogen-bond acceptors (Lipinski definition) is 2. The summed E-state index contributed by atoms with van der Waals surface area (Å²) < 4.78 is 0. The molecule has 0 aliphatic carbocycles. The second-order valence-corrected chi connectivity index (χ2v) is 5.84. The number of carbonyl (C=O) groups is 1. The van der Waals surface area contributed by atoms with Crippen LogP contribution in [0.15, 0.2) is 24.3 Å². The van der Waals surface area contributed by atoms with Crippen molar-refractivity contribution >= 4 is 55.0 Å². The number of aryl methyl sites for hydroxylation is 1. The van der Waals surface area contributed by atoms with Gasteiger partial charge in [-0.05, 0) is 24.5 Å². The summed E-state index contributed by atoms with van der Waals surface area (Å²) in [6, 6.07) is 7.71. The van der Waals surface area contributed by atoms with Gasteiger partial charge in [-0.1, -0.05) is 82.9 Å². The molecule has 1 aromatic rings. The van der Waals surface area contributed by atoms with Gasteiger partial charge in [0, 0.05) is 0 Å². The molecule has 136 valence electrons. The molecule has 0 aliphatic rings. The van der Waals surface area contributed by atoms with Gasteiger partial charge in [0.2, 0.25) is 0 Å². The van der Waals surface area contributed by atoms with Gasteiger partial charge in [0.15, 0.2) is 0 Å². The molecule has 0 aliphatic heterocycles. The Balaban J connectivity index is 0. The average molecular weight is 464 g/mol. The van der Waals surface area contributed by atoms with E-state index in [0.29, 0.717) is 5.75 Å². The molecule has 0 saturated carbocycles. The standard InChI is InChI=1S/C18H30O.CH2O3.Ba.2H/c1-2-3-4-5-6-7-8-9-10-11-14-17-15-12-13-16-18(17)19;2-1(3)4;;;/h12-13,15-16,19H,2-11,14H2,1H3;(H2,2,3,4);;;. The number of unbranched alkanes of at least 4 members (excludes halogenated alkanes) is 9. The van der Waals surface area contributed by atoms with Crippen molar-refractivity contribution in [3.05, 3.63) is 29.8 Å². The molecule has 1 aromatic carbocycles. The number of para-hydroxylation sites is 1. The quantitative estimate of drug-likeness (QED) is 0.313. The molecule has 0 amide bonds. The van der Waals surface area contributed by atoms with Crippen molar-refractivity contribution in [3.8, 4) is 5.75 Å². The zero-order valence-corrected chi connectivity index (χ0v) is 14.3. The third-order valence-corrected chi connectivity index (χ3v) is 3.79. The van der Waals surface area contributed by atoms with E-state index in [9.17, 15) is 5.11 Å². The molecule has 4 nitrogen and oxygen atoms in total. The van der Waals surface area contributed by atoms with Crippen LogP contribution >= 0.6 is 0 Å². The van der Waals surface area contributed by atoms with E-state index in [1.54, 1.807) is 6.07 Å². The monoisotopic (exact) mass is 464 g/mol. The Morgan fingerprint density at radius 1 is 0.833 bits per heavy atom. The topological polar surface area (TPSA) is 77.8 Å². The summed E-state index contributed by atoms with van der Waals surface area (Å²) in [6.45, 7) is 2.27. The predicted molar refractivity (Wildman–Crippen MR) is 103 cm³/mol. The van der Waals surface area contributed by atoms with Gasteiger partial charge in [0.05, 0.1) is 0 Å². The molecular weight excluding hydrogens is 430 g/mol. The van der Waals surface area contributed by atoms with E-state index in [-0.39, 0.29) is 48.9 Å². The molecule has 24 heavy (non-hydrogen) atoms. The molecule has 0 heterocycles. The molecule has 0 fully saturated rings. The van der Waals surface area contributed by atoms with Crippen LogP contribution in [0.3, 0.4) is 0 Å². The van der Waals surface area contributed by atoms with Crippen LogP contribution in [-0.4, -0.2) is 70.4 Å². The van der Waals surface area contributed by atoms with Crippen LogP contribution in [0.2, 0.25) is 0 Å². The third kappa shape index (κ3) is 18.2. The summed E-state index contributed by atoms with van der Waals surface area (Å²) in [7, 11) is 0. The first-order chi connectivity index (χ1) is 11.1. The Hall–Kier alpha value is -0.139. The van der Waals surface area contributed by atoms with Gasteiger partial charge >= 0.3 is 55.0 Å². The number of aromatic hydroxyl groups is 1. The maximum absolute atomic E-state index is 9.65. The van der Waals surface area contributed by atoms with Crippen LogP contribution in [0, 0.1) is 0 Å². The minimum atomic E-state index is -1.83. The SMILES string of the molecule is CCCCCCCCCCCCc1ccccc1O.O=C(O)O.[BaH2]. The summed E-state index contributed by atoms with van der Waals surface area (Å²) in [5, 5.41) is 23.6. The number of hydrogen-bond donors (Lipinski definition) is 3. The minimum absolute atomic E-state index is 0. The Morgan fingerprint density at radius 2 is 1.25 bits per heavy atom. The van der Waals surface area contributed by atoms with Crippen LogP contribution in [0.25, 0.3) is 0 Å². The van der Waals surface area contributed by atoms with Gasteiger partial charge in [-0.25, -0.2) is 4.79 Å². The zero-order chi connectivity index (χ0) is 17.3. The van der Waals surface area contributed by atoms with E-state index in [0.717, 1.165) is 12.0 Å². The summed E-state index contributed by atoms with van der Waals surface area (Å²) >= 11 is 0. The predicted octanol–water partition coefficient (Wildman–Crippen LogP) is 5.16. The Morgan fingerprint density at radius 3 is 1.71 bits per heavy atom. The van der Waals surface area contributed by atoms with E-state index in [4.69, 9.17) is 15.0 Å². The molecule has 5 heteroatoms. The van der Waals surface area contributed by atoms with Crippen LogP contribution in [0.1, 0.15) is 76.7 Å². The first-order valence-corrected chi connectivity index (χ1v) is 8.76. The van der Waals surface area contributed by atoms with Gasteiger partial charge in [0.25, 0.3) is 0 Å². The molecule has 0 unspecified atom stereocenters. The van der Waals surface area contributed by atoms with Gasteiger partial charge in [-0.3, -0.25) is 0 Å². The van der Waals surface area contributed by atoms with Crippen molar-refractivity contribution in [2.24, 2.45) is 0 Å². The number of rotatable bonds is 11. The van der Waals surface area contributed by atoms with Crippen molar-refractivity contribution < 1.29 is 20.1 Å².